The second-order valence-electron chi connectivity index (χ2n) is 6.38. The predicted molar refractivity (Wildman–Crippen MR) is 106 cm³/mol. The van der Waals surface area contributed by atoms with Gasteiger partial charge in [-0.25, -0.2) is 8.42 Å². The maximum atomic E-state index is 12.8. The van der Waals surface area contributed by atoms with Gasteiger partial charge in [-0.2, -0.15) is 0 Å². The van der Waals surface area contributed by atoms with Gasteiger partial charge in [-0.05, 0) is 23.6 Å². The number of amides is 1. The molecule has 3 aromatic rings. The third-order valence-corrected chi connectivity index (χ3v) is 5.62. The number of benzene rings is 3. The number of hydrogen-bond acceptors (Lipinski definition) is 4. The highest BCUT2D eigenvalue weighted by molar-refractivity contribution is 7.92. The minimum atomic E-state index is -3.54. The van der Waals surface area contributed by atoms with Gasteiger partial charge in [0.05, 0.1) is 18.5 Å². The lowest BCUT2D eigenvalue weighted by molar-refractivity contribution is -0.122. The van der Waals surface area contributed by atoms with E-state index in [1.165, 1.54) is 4.31 Å². The standard InChI is InChI=1S/C20H18N2O4S/c1-27(24,25)22-13-19(26-18-12-5-4-11-17(18)22)20(23)21-16-10-6-8-14-7-2-3-9-15(14)16/h2-12,19H,13H2,1H3,(H,21,23)/t19-/m1/s1. The number of hydrogen-bond donors (Lipinski definition) is 1. The van der Waals surface area contributed by atoms with Crippen molar-refractivity contribution in [2.45, 2.75) is 6.10 Å². The Bertz CT molecular complexity index is 1120. The van der Waals surface area contributed by atoms with Crippen molar-refractivity contribution in [3.8, 4) is 5.75 Å². The molecule has 1 amide bonds. The lowest BCUT2D eigenvalue weighted by Gasteiger charge is -2.33. The fourth-order valence-corrected chi connectivity index (χ4v) is 4.11. The molecule has 0 radical (unpaired) electrons. The normalized spacial score (nSPS) is 16.5. The van der Waals surface area contributed by atoms with Gasteiger partial charge in [0.1, 0.15) is 5.75 Å². The average Bonchev–Trinajstić information content (AvgIpc) is 2.66. The van der Waals surface area contributed by atoms with Crippen molar-refractivity contribution in [2.75, 3.05) is 22.4 Å². The van der Waals surface area contributed by atoms with Crippen molar-refractivity contribution in [1.82, 2.24) is 0 Å². The Balaban J connectivity index is 1.65. The van der Waals surface area contributed by atoms with E-state index < -0.39 is 22.0 Å². The second kappa shape index (κ2) is 6.59. The molecule has 0 spiro atoms. The van der Waals surface area contributed by atoms with E-state index in [0.29, 0.717) is 17.1 Å². The number of nitrogens with one attached hydrogen (secondary N) is 1. The molecule has 0 saturated carbocycles. The van der Waals surface area contributed by atoms with Crippen LogP contribution < -0.4 is 14.4 Å². The molecule has 1 aliphatic heterocycles. The van der Waals surface area contributed by atoms with Crippen LogP contribution in [-0.4, -0.2) is 33.2 Å². The summed E-state index contributed by atoms with van der Waals surface area (Å²) >= 11 is 0. The first kappa shape index (κ1) is 17.4. The van der Waals surface area contributed by atoms with Crippen LogP contribution in [0.1, 0.15) is 0 Å². The molecule has 0 unspecified atom stereocenters. The number of para-hydroxylation sites is 2. The molecule has 0 aromatic heterocycles. The highest BCUT2D eigenvalue weighted by atomic mass is 32.2. The minimum absolute atomic E-state index is 0.0769. The third-order valence-electron chi connectivity index (χ3n) is 4.48. The van der Waals surface area contributed by atoms with Crippen molar-refractivity contribution < 1.29 is 17.9 Å². The number of ether oxygens (including phenoxy) is 1. The number of anilines is 2. The zero-order valence-corrected chi connectivity index (χ0v) is 15.4. The van der Waals surface area contributed by atoms with E-state index in [4.69, 9.17) is 4.74 Å². The number of rotatable bonds is 3. The summed E-state index contributed by atoms with van der Waals surface area (Å²) in [5, 5.41) is 4.78. The molecule has 0 aliphatic carbocycles. The fraction of sp³-hybridized carbons (Fsp3) is 0.150. The summed E-state index contributed by atoms with van der Waals surface area (Å²) < 4.78 is 31.4. The highest BCUT2D eigenvalue weighted by Gasteiger charge is 2.34. The van der Waals surface area contributed by atoms with Crippen LogP contribution in [0.5, 0.6) is 5.75 Å². The van der Waals surface area contributed by atoms with Gasteiger partial charge >= 0.3 is 0 Å². The molecule has 0 fully saturated rings. The third kappa shape index (κ3) is 3.33. The van der Waals surface area contributed by atoms with Crippen LogP contribution in [0, 0.1) is 0 Å². The van der Waals surface area contributed by atoms with Crippen molar-refractivity contribution in [2.24, 2.45) is 0 Å². The maximum absolute atomic E-state index is 12.8. The van der Waals surface area contributed by atoms with Crippen LogP contribution >= 0.6 is 0 Å². The average molecular weight is 382 g/mol. The highest BCUT2D eigenvalue weighted by Crippen LogP contribution is 2.35. The number of carbonyl (C=O) groups is 1. The molecule has 1 aliphatic rings. The van der Waals surface area contributed by atoms with Gasteiger partial charge in [0.15, 0.2) is 6.10 Å². The van der Waals surface area contributed by atoms with E-state index in [1.54, 1.807) is 24.3 Å². The number of nitrogens with zero attached hydrogens (tertiary/aromatic N) is 1. The first-order chi connectivity index (χ1) is 12.9. The number of carbonyl (C=O) groups excluding carboxylic acids is 1. The molecular formula is C20H18N2O4S. The van der Waals surface area contributed by atoms with Crippen LogP contribution in [-0.2, 0) is 14.8 Å². The fourth-order valence-electron chi connectivity index (χ4n) is 3.20. The maximum Gasteiger partial charge on any atom is 0.267 e. The summed E-state index contributed by atoms with van der Waals surface area (Å²) in [6.45, 7) is -0.0769. The summed E-state index contributed by atoms with van der Waals surface area (Å²) in [4.78, 5) is 12.8. The van der Waals surface area contributed by atoms with Crippen LogP contribution in [0.4, 0.5) is 11.4 Å². The van der Waals surface area contributed by atoms with Gasteiger partial charge in [-0.3, -0.25) is 9.10 Å². The second-order valence-corrected chi connectivity index (χ2v) is 8.29. The van der Waals surface area contributed by atoms with Crippen LogP contribution in [0.15, 0.2) is 66.7 Å². The monoisotopic (exact) mass is 382 g/mol. The van der Waals surface area contributed by atoms with E-state index in [9.17, 15) is 13.2 Å². The Morgan fingerprint density at radius 2 is 1.74 bits per heavy atom. The van der Waals surface area contributed by atoms with Crippen molar-refractivity contribution in [1.29, 1.82) is 0 Å². The molecule has 1 heterocycles. The molecular weight excluding hydrogens is 364 g/mol. The Hall–Kier alpha value is -3.06. The molecule has 0 bridgehead atoms. The van der Waals surface area contributed by atoms with Crippen LogP contribution in [0.3, 0.4) is 0 Å². The van der Waals surface area contributed by atoms with E-state index in [-0.39, 0.29) is 6.54 Å². The smallest absolute Gasteiger partial charge is 0.267 e. The zero-order valence-electron chi connectivity index (χ0n) is 14.6. The molecule has 4 rings (SSSR count). The molecule has 3 aromatic carbocycles. The summed E-state index contributed by atoms with van der Waals surface area (Å²) in [7, 11) is -3.54. The zero-order chi connectivity index (χ0) is 19.0. The van der Waals surface area contributed by atoms with Crippen LogP contribution in [0.2, 0.25) is 0 Å². The first-order valence-electron chi connectivity index (χ1n) is 8.45. The van der Waals surface area contributed by atoms with E-state index >= 15 is 0 Å². The Labute approximate surface area is 157 Å². The molecule has 27 heavy (non-hydrogen) atoms. The SMILES string of the molecule is CS(=O)(=O)N1C[C@H](C(=O)Nc2cccc3ccccc23)Oc2ccccc21. The summed E-state index contributed by atoms with van der Waals surface area (Å²) in [5.74, 6) is -0.0262. The Kier molecular flexibility index (Phi) is 4.24. The molecule has 6 nitrogen and oxygen atoms in total. The van der Waals surface area contributed by atoms with Gasteiger partial charge in [-0.15, -0.1) is 0 Å². The molecule has 138 valence electrons. The van der Waals surface area contributed by atoms with E-state index in [2.05, 4.69) is 5.32 Å². The minimum Gasteiger partial charge on any atom is -0.476 e. The number of sulfonamides is 1. The van der Waals surface area contributed by atoms with Gasteiger partial charge in [0, 0.05) is 11.1 Å². The first-order valence-corrected chi connectivity index (χ1v) is 10.3. The summed E-state index contributed by atoms with van der Waals surface area (Å²) in [6, 6.07) is 20.1. The van der Waals surface area contributed by atoms with Gasteiger partial charge < -0.3 is 10.1 Å². The lowest BCUT2D eigenvalue weighted by atomic mass is 10.1. The molecule has 0 saturated heterocycles. The quantitative estimate of drug-likeness (QED) is 0.756. The predicted octanol–water partition coefficient (Wildman–Crippen LogP) is 3.01. The van der Waals surface area contributed by atoms with Gasteiger partial charge in [-0.1, -0.05) is 48.5 Å². The topological polar surface area (TPSA) is 75.7 Å². The van der Waals surface area contributed by atoms with Crippen LogP contribution in [0.25, 0.3) is 10.8 Å². The van der Waals surface area contributed by atoms with Crippen molar-refractivity contribution in [3.63, 3.8) is 0 Å². The largest absolute Gasteiger partial charge is 0.476 e. The summed E-state index contributed by atoms with van der Waals surface area (Å²) in [6.07, 6.45) is 0.169. The molecule has 1 N–H and O–H groups in total. The van der Waals surface area contributed by atoms with Crippen molar-refractivity contribution in [3.05, 3.63) is 66.7 Å². The lowest BCUT2D eigenvalue weighted by Crippen LogP contribution is -2.48. The van der Waals surface area contributed by atoms with Gasteiger partial charge in [0.2, 0.25) is 10.0 Å². The number of fused-ring (bicyclic) bond motifs is 2. The summed E-state index contributed by atoms with van der Waals surface area (Å²) in [5.41, 5.74) is 1.10. The Morgan fingerprint density at radius 3 is 2.56 bits per heavy atom. The molecule has 7 heteroatoms. The van der Waals surface area contributed by atoms with Gasteiger partial charge in [0.25, 0.3) is 5.91 Å². The van der Waals surface area contributed by atoms with Crippen molar-refractivity contribution >= 4 is 38.1 Å². The van der Waals surface area contributed by atoms with E-state index in [1.807, 2.05) is 42.5 Å². The molecule has 1 atom stereocenters. The Morgan fingerprint density at radius 1 is 1.04 bits per heavy atom. The van der Waals surface area contributed by atoms with E-state index in [0.717, 1.165) is 17.0 Å².